The molecule has 8 heteroatoms. The number of carbonyl (C=O) groups excluding carboxylic acids is 1. The van der Waals surface area contributed by atoms with Crippen LogP contribution >= 0.6 is 0 Å². The average molecular weight is 370 g/mol. The van der Waals surface area contributed by atoms with Gasteiger partial charge in [-0.15, -0.1) is 0 Å². The Morgan fingerprint density at radius 1 is 1.31 bits per heavy atom. The molecule has 144 valence electrons. The van der Waals surface area contributed by atoms with Crippen LogP contribution in [0.15, 0.2) is 59.5 Å². The van der Waals surface area contributed by atoms with Crippen LogP contribution in [-0.4, -0.2) is 31.2 Å². The highest BCUT2D eigenvalue weighted by atomic mass is 19.4. The van der Waals surface area contributed by atoms with E-state index in [2.05, 4.69) is 17.2 Å². The van der Waals surface area contributed by atoms with Crippen LogP contribution in [0.1, 0.15) is 19.8 Å². The van der Waals surface area contributed by atoms with Gasteiger partial charge in [-0.1, -0.05) is 30.4 Å². The summed E-state index contributed by atoms with van der Waals surface area (Å²) >= 11 is 0. The summed E-state index contributed by atoms with van der Waals surface area (Å²) < 4.78 is 37.2. The van der Waals surface area contributed by atoms with Crippen molar-refractivity contribution in [3.05, 3.63) is 59.5 Å². The molecule has 1 fully saturated rings. The van der Waals surface area contributed by atoms with Crippen molar-refractivity contribution in [1.29, 1.82) is 0 Å². The zero-order valence-corrected chi connectivity index (χ0v) is 14.7. The van der Waals surface area contributed by atoms with E-state index in [1.165, 1.54) is 6.08 Å². The maximum Gasteiger partial charge on any atom is 0.430 e. The summed E-state index contributed by atoms with van der Waals surface area (Å²) in [5.41, 5.74) is 10.9. The molecule has 0 radical (unpaired) electrons. The molecule has 1 rings (SSSR count). The molecule has 26 heavy (non-hydrogen) atoms. The lowest BCUT2D eigenvalue weighted by molar-refractivity contribution is -0.122. The molecule has 6 N–H and O–H groups in total. The Morgan fingerprint density at radius 2 is 2.00 bits per heavy atom. The van der Waals surface area contributed by atoms with Crippen molar-refractivity contribution in [1.82, 2.24) is 10.6 Å². The number of nitrogens with two attached hydrogens (primary N) is 2. The first kappa shape index (κ1) is 21.6. The lowest BCUT2D eigenvalue weighted by atomic mass is 10.1. The molecule has 0 spiro atoms. The zero-order valence-electron chi connectivity index (χ0n) is 14.7. The van der Waals surface area contributed by atoms with Gasteiger partial charge >= 0.3 is 6.18 Å². The summed E-state index contributed by atoms with van der Waals surface area (Å²) in [7, 11) is 0. The highest BCUT2D eigenvalue weighted by Crippen LogP contribution is 2.21. The van der Waals surface area contributed by atoms with Gasteiger partial charge in [0.2, 0.25) is 5.91 Å². The minimum atomic E-state index is -4.61. The van der Waals surface area contributed by atoms with E-state index in [9.17, 15) is 18.0 Å². The molecule has 1 unspecified atom stereocenters. The lowest BCUT2D eigenvalue weighted by Gasteiger charge is -2.12. The Hall–Kier alpha value is -2.48. The number of rotatable bonds is 7. The van der Waals surface area contributed by atoms with Gasteiger partial charge in [-0.2, -0.15) is 13.2 Å². The Bertz CT molecular complexity index is 639. The fourth-order valence-electron chi connectivity index (χ4n) is 2.30. The maximum atomic E-state index is 12.4. The van der Waals surface area contributed by atoms with Crippen molar-refractivity contribution in [2.75, 3.05) is 13.1 Å². The predicted octanol–water partition coefficient (Wildman–Crippen LogP) is 2.16. The summed E-state index contributed by atoms with van der Waals surface area (Å²) in [6.45, 7) is 6.48. The van der Waals surface area contributed by atoms with Crippen molar-refractivity contribution in [3.8, 4) is 0 Å². The van der Waals surface area contributed by atoms with Crippen LogP contribution in [0.2, 0.25) is 0 Å². The van der Waals surface area contributed by atoms with E-state index < -0.39 is 11.9 Å². The minimum absolute atomic E-state index is 0.0751. The third-order valence-electron chi connectivity index (χ3n) is 3.72. The van der Waals surface area contributed by atoms with Gasteiger partial charge in [0.25, 0.3) is 0 Å². The van der Waals surface area contributed by atoms with E-state index in [-0.39, 0.29) is 17.6 Å². The second-order valence-electron chi connectivity index (χ2n) is 5.96. The van der Waals surface area contributed by atoms with Gasteiger partial charge in [0, 0.05) is 12.2 Å². The van der Waals surface area contributed by atoms with Gasteiger partial charge in [0.05, 0.1) is 6.04 Å². The average Bonchev–Trinajstić information content (AvgIpc) is 3.10. The van der Waals surface area contributed by atoms with Crippen LogP contribution in [0.3, 0.4) is 0 Å². The fraction of sp³-hybridized carbons (Fsp3) is 0.389. The Morgan fingerprint density at radius 3 is 2.54 bits per heavy atom. The van der Waals surface area contributed by atoms with E-state index in [1.807, 2.05) is 0 Å². The van der Waals surface area contributed by atoms with Crippen molar-refractivity contribution in [2.24, 2.45) is 11.5 Å². The van der Waals surface area contributed by atoms with Gasteiger partial charge in [0.15, 0.2) is 0 Å². The predicted molar refractivity (Wildman–Crippen MR) is 96.7 cm³/mol. The van der Waals surface area contributed by atoms with Crippen LogP contribution in [0.5, 0.6) is 0 Å². The topological polar surface area (TPSA) is 93.2 Å². The highest BCUT2D eigenvalue weighted by Gasteiger charge is 2.30. The standard InChI is InChI=1S/C18H25F3N4O/c1-3-5-13(14(22)7-8-16(23)18(19,20)21)10-12(2)11-25-17(26)15-6-4-9-24-15/h3,5,7-8,10,15,24H,1,4,6,9,11,22-23H2,2H3,(H,25,26)/b12-10+,13-5+,14-7-,16-8-. The highest BCUT2D eigenvalue weighted by molar-refractivity contribution is 5.82. The van der Waals surface area contributed by atoms with E-state index in [4.69, 9.17) is 11.5 Å². The first-order chi connectivity index (χ1) is 12.1. The number of alkyl halides is 3. The molecular weight excluding hydrogens is 345 g/mol. The molecule has 0 aromatic rings. The van der Waals surface area contributed by atoms with Crippen molar-refractivity contribution < 1.29 is 18.0 Å². The maximum absolute atomic E-state index is 12.4. The van der Waals surface area contributed by atoms with Crippen molar-refractivity contribution >= 4 is 5.91 Å². The third-order valence-corrected chi connectivity index (χ3v) is 3.72. The number of carbonyl (C=O) groups is 1. The number of nitrogens with one attached hydrogen (secondary N) is 2. The van der Waals surface area contributed by atoms with Crippen LogP contribution in [-0.2, 0) is 4.79 Å². The Kier molecular flexibility index (Phi) is 8.18. The molecule has 1 amide bonds. The zero-order chi connectivity index (χ0) is 19.7. The number of halogens is 3. The smallest absolute Gasteiger partial charge is 0.398 e. The molecular formula is C18H25F3N4O. The molecule has 1 atom stereocenters. The van der Waals surface area contributed by atoms with Gasteiger partial charge in [-0.3, -0.25) is 4.79 Å². The van der Waals surface area contributed by atoms with Crippen LogP contribution in [0, 0.1) is 0 Å². The molecule has 1 saturated heterocycles. The second-order valence-corrected chi connectivity index (χ2v) is 5.96. The summed E-state index contributed by atoms with van der Waals surface area (Å²) in [6, 6.07) is -0.175. The number of hydrogen-bond acceptors (Lipinski definition) is 4. The second kappa shape index (κ2) is 9.86. The first-order valence-corrected chi connectivity index (χ1v) is 8.16. The van der Waals surface area contributed by atoms with Gasteiger partial charge < -0.3 is 22.1 Å². The molecule has 0 aromatic carbocycles. The Labute approximate surface area is 151 Å². The van der Waals surface area contributed by atoms with E-state index in [0.29, 0.717) is 18.2 Å². The Balaban J connectivity index is 2.79. The largest absolute Gasteiger partial charge is 0.430 e. The molecule has 1 heterocycles. The van der Waals surface area contributed by atoms with Gasteiger partial charge in [0.1, 0.15) is 5.70 Å². The van der Waals surface area contributed by atoms with Crippen molar-refractivity contribution in [2.45, 2.75) is 32.0 Å². The fourth-order valence-corrected chi connectivity index (χ4v) is 2.30. The number of allylic oxidation sites excluding steroid dienone is 6. The quantitative estimate of drug-likeness (QED) is 0.517. The van der Waals surface area contributed by atoms with E-state index in [1.54, 1.807) is 19.1 Å². The lowest BCUT2D eigenvalue weighted by Crippen LogP contribution is -2.40. The molecule has 0 bridgehead atoms. The molecule has 0 aliphatic carbocycles. The molecule has 1 aliphatic heterocycles. The third kappa shape index (κ3) is 7.18. The van der Waals surface area contributed by atoms with E-state index >= 15 is 0 Å². The van der Waals surface area contributed by atoms with Crippen LogP contribution in [0.4, 0.5) is 13.2 Å². The SMILES string of the molecule is C=C/C=C(\C=C(/C)CNC(=O)C1CCCN1)C(/N)=C/C=C(\N)C(F)(F)F. The minimum Gasteiger partial charge on any atom is -0.398 e. The van der Waals surface area contributed by atoms with Gasteiger partial charge in [-0.05, 0) is 44.0 Å². The summed E-state index contributed by atoms with van der Waals surface area (Å²) in [4.78, 5) is 12.0. The summed E-state index contributed by atoms with van der Waals surface area (Å²) in [5, 5.41) is 5.92. The summed E-state index contributed by atoms with van der Waals surface area (Å²) in [5.74, 6) is -0.0751. The van der Waals surface area contributed by atoms with Gasteiger partial charge in [-0.25, -0.2) is 0 Å². The summed E-state index contributed by atoms with van der Waals surface area (Å²) in [6.07, 6.45) is 3.67. The monoisotopic (exact) mass is 370 g/mol. The van der Waals surface area contributed by atoms with Crippen LogP contribution < -0.4 is 22.1 Å². The first-order valence-electron chi connectivity index (χ1n) is 8.16. The molecule has 0 aromatic heterocycles. The van der Waals surface area contributed by atoms with Crippen LogP contribution in [0.25, 0.3) is 0 Å². The molecule has 1 aliphatic rings. The molecule has 0 saturated carbocycles. The normalized spacial score (nSPS) is 20.2. The number of amides is 1. The van der Waals surface area contributed by atoms with Crippen molar-refractivity contribution in [3.63, 3.8) is 0 Å². The molecule has 5 nitrogen and oxygen atoms in total. The van der Waals surface area contributed by atoms with E-state index in [0.717, 1.165) is 31.0 Å². The number of hydrogen-bond donors (Lipinski definition) is 4.